The Balaban J connectivity index is 1.63. The summed E-state index contributed by atoms with van der Waals surface area (Å²) in [5.74, 6) is 0.804. The van der Waals surface area contributed by atoms with Crippen LogP contribution in [0, 0.1) is 16.7 Å². The Bertz CT molecular complexity index is 345. The summed E-state index contributed by atoms with van der Waals surface area (Å²) in [6.07, 6.45) is 12.6. The van der Waals surface area contributed by atoms with E-state index in [4.69, 9.17) is 16.3 Å². The molecule has 3 aliphatic rings. The van der Waals surface area contributed by atoms with Gasteiger partial charge in [-0.25, -0.2) is 0 Å². The van der Waals surface area contributed by atoms with E-state index in [9.17, 15) is 0 Å². The first-order valence-corrected chi connectivity index (χ1v) is 9.14. The molecule has 3 aliphatic carbocycles. The van der Waals surface area contributed by atoms with Gasteiger partial charge < -0.3 is 4.74 Å². The van der Waals surface area contributed by atoms with Crippen LogP contribution in [0.1, 0.15) is 78.6 Å². The van der Waals surface area contributed by atoms with Crippen LogP contribution in [0.5, 0.6) is 0 Å². The summed E-state index contributed by atoms with van der Waals surface area (Å²) in [5, 5.41) is 0.377. The summed E-state index contributed by atoms with van der Waals surface area (Å²) < 4.78 is 6.61. The fraction of sp³-hybridized carbons (Fsp3) is 1.00. The second-order valence-corrected chi connectivity index (χ2v) is 9.18. The zero-order valence-corrected chi connectivity index (χ0v) is 14.2. The maximum atomic E-state index is 6.61. The van der Waals surface area contributed by atoms with E-state index in [1.54, 1.807) is 0 Å². The second-order valence-electron chi connectivity index (χ2n) is 8.66. The minimum Gasteiger partial charge on any atom is -0.374 e. The molecule has 1 spiro atoms. The standard InChI is InChI=1S/C18H31ClO/c1-13-9-14(12-17(2,3)11-13)20-16-10-15(19)18(16)7-5-4-6-8-18/h13-16H,4-12H2,1-3H3. The molecule has 0 N–H and O–H groups in total. The third kappa shape index (κ3) is 2.77. The van der Waals surface area contributed by atoms with E-state index in [1.165, 1.54) is 51.4 Å². The van der Waals surface area contributed by atoms with Crippen molar-refractivity contribution < 1.29 is 4.74 Å². The summed E-state index contributed by atoms with van der Waals surface area (Å²) in [7, 11) is 0. The van der Waals surface area contributed by atoms with Crippen LogP contribution < -0.4 is 0 Å². The molecule has 0 heterocycles. The number of halogens is 1. The third-order valence-corrected chi connectivity index (χ3v) is 6.79. The van der Waals surface area contributed by atoms with Crippen molar-refractivity contribution in [3.63, 3.8) is 0 Å². The molecule has 3 rings (SSSR count). The second kappa shape index (κ2) is 5.47. The van der Waals surface area contributed by atoms with Crippen LogP contribution in [0.2, 0.25) is 0 Å². The Labute approximate surface area is 129 Å². The lowest BCUT2D eigenvalue weighted by atomic mass is 9.58. The van der Waals surface area contributed by atoms with Crippen molar-refractivity contribution in [3.8, 4) is 0 Å². The molecule has 0 bridgehead atoms. The van der Waals surface area contributed by atoms with E-state index in [0.29, 0.717) is 28.4 Å². The molecule has 4 atom stereocenters. The Morgan fingerprint density at radius 3 is 2.30 bits per heavy atom. The Morgan fingerprint density at radius 2 is 1.70 bits per heavy atom. The summed E-state index contributed by atoms with van der Waals surface area (Å²) in [5.41, 5.74) is 0.789. The largest absolute Gasteiger partial charge is 0.374 e. The number of rotatable bonds is 2. The molecule has 20 heavy (non-hydrogen) atoms. The van der Waals surface area contributed by atoms with Gasteiger partial charge in [0, 0.05) is 10.8 Å². The van der Waals surface area contributed by atoms with Crippen molar-refractivity contribution in [1.29, 1.82) is 0 Å². The highest BCUT2D eigenvalue weighted by Crippen LogP contribution is 2.56. The summed E-state index contributed by atoms with van der Waals surface area (Å²) in [6.45, 7) is 7.19. The van der Waals surface area contributed by atoms with Gasteiger partial charge in [-0.1, -0.05) is 40.0 Å². The van der Waals surface area contributed by atoms with Crippen LogP contribution in [0.3, 0.4) is 0 Å². The van der Waals surface area contributed by atoms with Gasteiger partial charge in [0.2, 0.25) is 0 Å². The minimum atomic E-state index is 0.338. The molecule has 0 radical (unpaired) electrons. The van der Waals surface area contributed by atoms with Crippen LogP contribution in [-0.4, -0.2) is 17.6 Å². The van der Waals surface area contributed by atoms with Gasteiger partial charge in [-0.3, -0.25) is 0 Å². The predicted molar refractivity (Wildman–Crippen MR) is 85.2 cm³/mol. The van der Waals surface area contributed by atoms with E-state index in [0.717, 1.165) is 12.3 Å². The molecule has 3 saturated carbocycles. The summed E-state index contributed by atoms with van der Waals surface area (Å²) >= 11 is 6.60. The van der Waals surface area contributed by atoms with E-state index in [-0.39, 0.29) is 0 Å². The fourth-order valence-electron chi connectivity index (χ4n) is 5.33. The van der Waals surface area contributed by atoms with Gasteiger partial charge in [0.05, 0.1) is 12.2 Å². The summed E-state index contributed by atoms with van der Waals surface area (Å²) in [4.78, 5) is 0. The molecule has 0 aromatic rings. The van der Waals surface area contributed by atoms with Gasteiger partial charge >= 0.3 is 0 Å². The number of ether oxygens (including phenoxy) is 1. The average molecular weight is 299 g/mol. The molecule has 0 aromatic heterocycles. The van der Waals surface area contributed by atoms with Crippen LogP contribution in [-0.2, 0) is 4.74 Å². The molecule has 1 nitrogen and oxygen atoms in total. The minimum absolute atomic E-state index is 0.338. The predicted octanol–water partition coefficient (Wildman–Crippen LogP) is 5.55. The zero-order valence-electron chi connectivity index (χ0n) is 13.5. The van der Waals surface area contributed by atoms with Gasteiger partial charge in [-0.15, -0.1) is 11.6 Å². The number of hydrogen-bond acceptors (Lipinski definition) is 1. The van der Waals surface area contributed by atoms with Crippen molar-refractivity contribution in [1.82, 2.24) is 0 Å². The van der Waals surface area contributed by atoms with Crippen molar-refractivity contribution in [3.05, 3.63) is 0 Å². The Kier molecular flexibility index (Phi) is 4.14. The van der Waals surface area contributed by atoms with E-state index in [2.05, 4.69) is 20.8 Å². The normalized spacial score (nSPS) is 43.2. The first-order chi connectivity index (χ1) is 9.41. The van der Waals surface area contributed by atoms with Crippen LogP contribution in [0.4, 0.5) is 0 Å². The van der Waals surface area contributed by atoms with Gasteiger partial charge in [-0.05, 0) is 49.9 Å². The monoisotopic (exact) mass is 298 g/mol. The lowest BCUT2D eigenvalue weighted by Gasteiger charge is -2.56. The van der Waals surface area contributed by atoms with Crippen molar-refractivity contribution >= 4 is 11.6 Å². The Hall–Kier alpha value is 0.250. The summed E-state index contributed by atoms with van der Waals surface area (Å²) in [6, 6.07) is 0. The molecule has 116 valence electrons. The maximum absolute atomic E-state index is 6.61. The third-order valence-electron chi connectivity index (χ3n) is 6.17. The van der Waals surface area contributed by atoms with Crippen molar-refractivity contribution in [2.45, 2.75) is 96.1 Å². The first kappa shape index (κ1) is 15.2. The maximum Gasteiger partial charge on any atom is 0.0663 e. The van der Waals surface area contributed by atoms with Crippen LogP contribution in [0.25, 0.3) is 0 Å². The molecule has 3 fully saturated rings. The smallest absolute Gasteiger partial charge is 0.0663 e. The van der Waals surface area contributed by atoms with Crippen LogP contribution in [0.15, 0.2) is 0 Å². The average Bonchev–Trinajstić information content (AvgIpc) is 2.37. The van der Waals surface area contributed by atoms with Gasteiger partial charge in [-0.2, -0.15) is 0 Å². The Morgan fingerprint density at radius 1 is 1.00 bits per heavy atom. The van der Waals surface area contributed by atoms with Crippen molar-refractivity contribution in [2.24, 2.45) is 16.7 Å². The van der Waals surface area contributed by atoms with Gasteiger partial charge in [0.1, 0.15) is 0 Å². The topological polar surface area (TPSA) is 9.23 Å². The van der Waals surface area contributed by atoms with Crippen molar-refractivity contribution in [2.75, 3.05) is 0 Å². The molecule has 0 aliphatic heterocycles. The molecule has 0 amide bonds. The number of hydrogen-bond donors (Lipinski definition) is 0. The molecule has 2 heteroatoms. The molecule has 0 aromatic carbocycles. The molecular weight excluding hydrogens is 268 g/mol. The van der Waals surface area contributed by atoms with E-state index in [1.807, 2.05) is 0 Å². The molecule has 0 saturated heterocycles. The lowest BCUT2D eigenvalue weighted by molar-refractivity contribution is -0.170. The molecular formula is C18H31ClO. The zero-order chi connectivity index (χ0) is 14.4. The lowest BCUT2D eigenvalue weighted by Crippen LogP contribution is -2.58. The fourth-order valence-corrected chi connectivity index (χ4v) is 5.85. The highest BCUT2D eigenvalue weighted by atomic mass is 35.5. The highest BCUT2D eigenvalue weighted by molar-refractivity contribution is 6.21. The molecule has 4 unspecified atom stereocenters. The SMILES string of the molecule is CC1CC(OC2CC(Cl)C23CCCCC3)CC(C)(C)C1. The van der Waals surface area contributed by atoms with E-state index < -0.39 is 0 Å². The quantitative estimate of drug-likeness (QED) is 0.607. The highest BCUT2D eigenvalue weighted by Gasteiger charge is 2.55. The van der Waals surface area contributed by atoms with Crippen LogP contribution >= 0.6 is 11.6 Å². The first-order valence-electron chi connectivity index (χ1n) is 8.71. The van der Waals surface area contributed by atoms with Gasteiger partial charge in [0.15, 0.2) is 0 Å². The van der Waals surface area contributed by atoms with E-state index >= 15 is 0 Å². The number of alkyl halides is 1. The van der Waals surface area contributed by atoms with Gasteiger partial charge in [0.25, 0.3) is 0 Å².